The molecular formula is C69H131NO5. The Hall–Kier alpha value is -1.92. The van der Waals surface area contributed by atoms with E-state index in [9.17, 15) is 19.8 Å². The lowest BCUT2D eigenvalue weighted by Crippen LogP contribution is -2.45. The molecule has 0 aliphatic rings. The molecule has 0 aliphatic heterocycles. The van der Waals surface area contributed by atoms with Gasteiger partial charge in [-0.05, 0) is 83.5 Å². The predicted octanol–water partition coefficient (Wildman–Crippen LogP) is 21.5. The molecule has 75 heavy (non-hydrogen) atoms. The summed E-state index contributed by atoms with van der Waals surface area (Å²) < 4.78 is 5.47. The van der Waals surface area contributed by atoms with E-state index in [-0.39, 0.29) is 18.5 Å². The van der Waals surface area contributed by atoms with Gasteiger partial charge in [-0.1, -0.05) is 307 Å². The van der Waals surface area contributed by atoms with Crippen molar-refractivity contribution in [1.29, 1.82) is 0 Å². The van der Waals surface area contributed by atoms with Crippen LogP contribution >= 0.6 is 0 Å². The summed E-state index contributed by atoms with van der Waals surface area (Å²) in [5, 5.41) is 23.4. The highest BCUT2D eigenvalue weighted by atomic mass is 16.5. The standard InChI is InChI=1S/C69H131NO5/c1-3-5-7-9-11-13-15-17-19-21-23-24-25-26-27-28-29-30-33-37-41-45-49-53-57-61-67(72)66(65-71)70-68(73)62-58-54-50-46-42-38-34-32-36-40-44-48-52-56-60-64-75-69(74)63-59-55-51-47-43-39-35-31-22-20-18-16-14-12-10-8-6-4-2/h20,22,32,36,40,44,66-67,71-72H,3-19,21,23-31,33-35,37-39,41-43,45-65H2,1-2H3,(H,70,73)/b22-20-,36-32-,44-40-. The maximum atomic E-state index is 12.5. The van der Waals surface area contributed by atoms with Gasteiger partial charge < -0.3 is 20.3 Å². The van der Waals surface area contributed by atoms with Crippen LogP contribution in [0, 0.1) is 0 Å². The molecule has 6 nitrogen and oxygen atoms in total. The Balaban J connectivity index is 3.49. The topological polar surface area (TPSA) is 95.9 Å². The van der Waals surface area contributed by atoms with Crippen molar-refractivity contribution in [3.8, 4) is 0 Å². The summed E-state index contributed by atoms with van der Waals surface area (Å²) in [6.07, 6.45) is 81.7. The van der Waals surface area contributed by atoms with Gasteiger partial charge in [-0.25, -0.2) is 0 Å². The molecule has 0 bridgehead atoms. The van der Waals surface area contributed by atoms with E-state index in [0.717, 1.165) is 77.0 Å². The second-order valence-corrected chi connectivity index (χ2v) is 23.2. The van der Waals surface area contributed by atoms with E-state index < -0.39 is 12.1 Å². The summed E-state index contributed by atoms with van der Waals surface area (Å²) in [5.74, 6) is -0.0776. The number of hydrogen-bond donors (Lipinski definition) is 3. The number of allylic oxidation sites excluding steroid dienone is 6. The number of amides is 1. The smallest absolute Gasteiger partial charge is 0.305 e. The Kier molecular flexibility index (Phi) is 63.0. The largest absolute Gasteiger partial charge is 0.466 e. The minimum absolute atomic E-state index is 0.0236. The first kappa shape index (κ1) is 73.1. The highest BCUT2D eigenvalue weighted by Crippen LogP contribution is 2.18. The molecule has 0 spiro atoms. The maximum Gasteiger partial charge on any atom is 0.305 e. The van der Waals surface area contributed by atoms with Crippen molar-refractivity contribution in [3.05, 3.63) is 36.5 Å². The molecule has 2 unspecified atom stereocenters. The number of esters is 1. The van der Waals surface area contributed by atoms with Gasteiger partial charge in [-0.2, -0.15) is 0 Å². The minimum Gasteiger partial charge on any atom is -0.466 e. The van der Waals surface area contributed by atoms with E-state index in [1.807, 2.05) is 0 Å². The zero-order valence-corrected chi connectivity index (χ0v) is 50.5. The number of aliphatic hydroxyl groups is 2. The molecule has 0 aromatic carbocycles. The molecule has 0 aromatic rings. The summed E-state index contributed by atoms with van der Waals surface area (Å²) in [6.45, 7) is 4.92. The monoisotopic (exact) mass is 1050 g/mol. The van der Waals surface area contributed by atoms with Crippen LogP contribution in [0.5, 0.6) is 0 Å². The Morgan fingerprint density at radius 3 is 1.03 bits per heavy atom. The quantitative estimate of drug-likeness (QED) is 0.0244. The van der Waals surface area contributed by atoms with Gasteiger partial charge in [0.1, 0.15) is 0 Å². The Bertz CT molecular complexity index is 1210. The van der Waals surface area contributed by atoms with Gasteiger partial charge in [0, 0.05) is 12.8 Å². The summed E-state index contributed by atoms with van der Waals surface area (Å²) in [7, 11) is 0. The Labute approximate surface area is 468 Å². The van der Waals surface area contributed by atoms with Crippen LogP contribution in [-0.4, -0.2) is 47.4 Å². The van der Waals surface area contributed by atoms with E-state index in [0.29, 0.717) is 25.9 Å². The van der Waals surface area contributed by atoms with Crippen molar-refractivity contribution in [1.82, 2.24) is 5.32 Å². The molecular weight excluding hydrogens is 923 g/mol. The highest BCUT2D eigenvalue weighted by molar-refractivity contribution is 5.76. The average molecular weight is 1050 g/mol. The van der Waals surface area contributed by atoms with E-state index in [2.05, 4.69) is 55.6 Å². The molecule has 2 atom stereocenters. The lowest BCUT2D eigenvalue weighted by atomic mass is 10.0. The average Bonchev–Trinajstić information content (AvgIpc) is 3.41. The lowest BCUT2D eigenvalue weighted by Gasteiger charge is -2.22. The summed E-state index contributed by atoms with van der Waals surface area (Å²) >= 11 is 0. The maximum absolute atomic E-state index is 12.5. The van der Waals surface area contributed by atoms with Crippen molar-refractivity contribution in [3.63, 3.8) is 0 Å². The highest BCUT2D eigenvalue weighted by Gasteiger charge is 2.20. The van der Waals surface area contributed by atoms with Crippen LogP contribution in [-0.2, 0) is 14.3 Å². The fraction of sp³-hybridized carbons (Fsp3) is 0.884. The number of carbonyl (C=O) groups excluding carboxylic acids is 2. The van der Waals surface area contributed by atoms with Gasteiger partial charge in [0.05, 0.1) is 25.4 Å². The SMILES string of the molecule is CCCCCCCCC/C=C\CCCCCCCCCC(=O)OCCCCC/C=C\C=C/CCCCCCCCC(=O)NC(CO)C(O)CCCCCCCCCCCCCCCCCCCCCCCCCCC. The van der Waals surface area contributed by atoms with E-state index in [1.165, 1.54) is 257 Å². The third-order valence-corrected chi connectivity index (χ3v) is 15.7. The van der Waals surface area contributed by atoms with Gasteiger partial charge in [-0.3, -0.25) is 9.59 Å². The Morgan fingerprint density at radius 2 is 0.667 bits per heavy atom. The van der Waals surface area contributed by atoms with Crippen LogP contribution in [0.15, 0.2) is 36.5 Å². The number of rotatable bonds is 63. The molecule has 0 saturated heterocycles. The molecule has 0 aromatic heterocycles. The molecule has 0 saturated carbocycles. The Morgan fingerprint density at radius 1 is 0.373 bits per heavy atom. The third-order valence-electron chi connectivity index (χ3n) is 15.7. The fourth-order valence-electron chi connectivity index (χ4n) is 10.5. The fourth-order valence-corrected chi connectivity index (χ4v) is 10.5. The minimum atomic E-state index is -0.681. The summed E-state index contributed by atoms with van der Waals surface area (Å²) in [5.41, 5.74) is 0. The zero-order valence-electron chi connectivity index (χ0n) is 50.5. The lowest BCUT2D eigenvalue weighted by molar-refractivity contribution is -0.143. The van der Waals surface area contributed by atoms with Crippen LogP contribution in [0.4, 0.5) is 0 Å². The first-order valence-electron chi connectivity index (χ1n) is 33.8. The van der Waals surface area contributed by atoms with E-state index in [1.54, 1.807) is 0 Å². The molecule has 0 radical (unpaired) electrons. The van der Waals surface area contributed by atoms with Crippen LogP contribution in [0.2, 0.25) is 0 Å². The number of unbranched alkanes of at least 4 members (excludes halogenated alkanes) is 47. The first-order valence-corrected chi connectivity index (χ1v) is 33.8. The molecule has 0 aliphatic carbocycles. The van der Waals surface area contributed by atoms with Crippen LogP contribution in [0.25, 0.3) is 0 Å². The molecule has 1 amide bonds. The van der Waals surface area contributed by atoms with Crippen LogP contribution in [0.1, 0.15) is 367 Å². The number of nitrogens with one attached hydrogen (secondary N) is 1. The van der Waals surface area contributed by atoms with Gasteiger partial charge in [0.2, 0.25) is 5.91 Å². The van der Waals surface area contributed by atoms with Crippen LogP contribution in [0.3, 0.4) is 0 Å². The van der Waals surface area contributed by atoms with Crippen molar-refractivity contribution < 1.29 is 24.5 Å². The molecule has 6 heteroatoms. The first-order chi connectivity index (χ1) is 37.0. The van der Waals surface area contributed by atoms with Gasteiger partial charge >= 0.3 is 5.97 Å². The van der Waals surface area contributed by atoms with Crippen molar-refractivity contribution in [2.75, 3.05) is 13.2 Å². The normalized spacial score (nSPS) is 12.7. The molecule has 3 N–H and O–H groups in total. The number of ether oxygens (including phenoxy) is 1. The predicted molar refractivity (Wildman–Crippen MR) is 329 cm³/mol. The second kappa shape index (κ2) is 64.6. The summed E-state index contributed by atoms with van der Waals surface area (Å²) in [6, 6.07) is -0.560. The number of aliphatic hydroxyl groups excluding tert-OH is 2. The van der Waals surface area contributed by atoms with E-state index in [4.69, 9.17) is 4.74 Å². The molecule has 0 fully saturated rings. The van der Waals surface area contributed by atoms with Crippen LogP contribution < -0.4 is 5.32 Å². The number of hydrogen-bond acceptors (Lipinski definition) is 5. The second-order valence-electron chi connectivity index (χ2n) is 23.2. The van der Waals surface area contributed by atoms with Crippen molar-refractivity contribution in [2.24, 2.45) is 0 Å². The van der Waals surface area contributed by atoms with Crippen molar-refractivity contribution >= 4 is 11.9 Å². The zero-order chi connectivity index (χ0) is 54.3. The molecule has 442 valence electrons. The molecule has 0 rings (SSSR count). The molecule has 0 heterocycles. The number of carbonyl (C=O) groups is 2. The third kappa shape index (κ3) is 61.2. The van der Waals surface area contributed by atoms with Gasteiger partial charge in [0.15, 0.2) is 0 Å². The van der Waals surface area contributed by atoms with E-state index >= 15 is 0 Å². The van der Waals surface area contributed by atoms with Gasteiger partial charge in [0.25, 0.3) is 0 Å². The van der Waals surface area contributed by atoms with Gasteiger partial charge in [-0.15, -0.1) is 0 Å². The van der Waals surface area contributed by atoms with Crippen molar-refractivity contribution in [2.45, 2.75) is 379 Å². The summed E-state index contributed by atoms with van der Waals surface area (Å²) in [4.78, 5) is 24.6.